The highest BCUT2D eigenvalue weighted by Gasteiger charge is 2.08. The minimum Gasteiger partial charge on any atom is -0.494 e. The van der Waals surface area contributed by atoms with E-state index in [0.29, 0.717) is 18.1 Å². The minimum atomic E-state index is -3.26. The van der Waals surface area contributed by atoms with Gasteiger partial charge in [0.25, 0.3) is 0 Å². The van der Waals surface area contributed by atoms with E-state index in [1.807, 2.05) is 24.3 Å². The van der Waals surface area contributed by atoms with Crippen LogP contribution in [-0.2, 0) is 9.84 Å². The number of sulfone groups is 1. The van der Waals surface area contributed by atoms with Crippen LogP contribution in [-0.4, -0.2) is 27.1 Å². The van der Waals surface area contributed by atoms with Crippen molar-refractivity contribution in [2.45, 2.75) is 25.2 Å². The van der Waals surface area contributed by atoms with Crippen LogP contribution in [0.4, 0.5) is 0 Å². The smallest absolute Gasteiger partial charge is 0.185 e. The van der Waals surface area contributed by atoms with Crippen molar-refractivity contribution in [2.24, 2.45) is 5.92 Å². The molecule has 2 aromatic carbocycles. The van der Waals surface area contributed by atoms with E-state index < -0.39 is 9.84 Å². The predicted molar refractivity (Wildman–Crippen MR) is 104 cm³/mol. The third-order valence-corrected chi connectivity index (χ3v) is 4.97. The molecule has 2 aromatic rings. The average Bonchev–Trinajstić information content (AvgIpc) is 2.60. The Morgan fingerprint density at radius 3 is 2.19 bits per heavy atom. The highest BCUT2D eigenvalue weighted by atomic mass is 32.2. The number of ether oxygens (including phenoxy) is 1. The van der Waals surface area contributed by atoms with Gasteiger partial charge in [0.2, 0.25) is 0 Å². The van der Waals surface area contributed by atoms with Crippen LogP contribution in [0.2, 0.25) is 0 Å². The normalized spacial score (nSPS) is 11.8. The van der Waals surface area contributed by atoms with Crippen LogP contribution in [0.1, 0.15) is 36.2 Å². The second kappa shape index (κ2) is 8.81. The molecule has 0 saturated heterocycles. The van der Waals surface area contributed by atoms with Crippen LogP contribution in [0.5, 0.6) is 5.75 Å². The summed E-state index contributed by atoms with van der Waals surface area (Å²) in [6.45, 7) is 5.00. The molecular formula is C21H24O4S. The Hall–Kier alpha value is -2.40. The maximum atomic E-state index is 12.2. The molecule has 0 aliphatic carbocycles. The van der Waals surface area contributed by atoms with Gasteiger partial charge in [0.1, 0.15) is 5.75 Å². The van der Waals surface area contributed by atoms with E-state index in [1.54, 1.807) is 6.08 Å². The van der Waals surface area contributed by atoms with Gasteiger partial charge in [0, 0.05) is 11.8 Å². The van der Waals surface area contributed by atoms with Crippen molar-refractivity contribution in [1.82, 2.24) is 0 Å². The van der Waals surface area contributed by atoms with Crippen LogP contribution >= 0.6 is 0 Å². The first kappa shape index (κ1) is 19.9. The van der Waals surface area contributed by atoms with Crippen LogP contribution in [0.15, 0.2) is 59.5 Å². The summed E-state index contributed by atoms with van der Waals surface area (Å²) in [4.78, 5) is 12.4. The number of carbonyl (C=O) groups excluding carboxylic acids is 1. The zero-order chi connectivity index (χ0) is 19.2. The van der Waals surface area contributed by atoms with Gasteiger partial charge in [-0.15, -0.1) is 0 Å². The average molecular weight is 372 g/mol. The molecule has 0 unspecified atom stereocenters. The van der Waals surface area contributed by atoms with E-state index in [4.69, 9.17) is 4.74 Å². The maximum Gasteiger partial charge on any atom is 0.185 e. The Bertz CT molecular complexity index is 861. The molecule has 0 saturated carbocycles. The lowest BCUT2D eigenvalue weighted by Gasteiger charge is -2.08. The first-order valence-corrected chi connectivity index (χ1v) is 10.4. The molecule has 0 heterocycles. The zero-order valence-corrected chi connectivity index (χ0v) is 16.1. The lowest BCUT2D eigenvalue weighted by Crippen LogP contribution is -2.01. The number of allylic oxidation sites excluding steroid dienone is 1. The van der Waals surface area contributed by atoms with Crippen molar-refractivity contribution in [2.75, 3.05) is 12.9 Å². The summed E-state index contributed by atoms with van der Waals surface area (Å²) in [7, 11) is -3.26. The highest BCUT2D eigenvalue weighted by molar-refractivity contribution is 7.90. The Morgan fingerprint density at radius 1 is 1.04 bits per heavy atom. The lowest BCUT2D eigenvalue weighted by atomic mass is 10.1. The van der Waals surface area contributed by atoms with E-state index in [9.17, 15) is 13.2 Å². The number of benzene rings is 2. The number of carbonyl (C=O) groups is 1. The van der Waals surface area contributed by atoms with Gasteiger partial charge in [-0.3, -0.25) is 4.79 Å². The first-order chi connectivity index (χ1) is 12.3. The van der Waals surface area contributed by atoms with Gasteiger partial charge < -0.3 is 4.74 Å². The standard InChI is InChI=1S/C21H24O4S/c1-16(2)14-15-25-19-9-4-17(5-10-19)6-13-21(22)18-7-11-20(12-8-18)26(3,23)24/h4-13,16H,14-15H2,1-3H3/b13-6+. The predicted octanol–water partition coefficient (Wildman–Crippen LogP) is 4.41. The second-order valence-electron chi connectivity index (χ2n) is 6.59. The lowest BCUT2D eigenvalue weighted by molar-refractivity contribution is 0.104. The Balaban J connectivity index is 1.97. The molecule has 0 atom stereocenters. The molecule has 0 radical (unpaired) electrons. The van der Waals surface area contributed by atoms with E-state index in [0.717, 1.165) is 24.0 Å². The summed E-state index contributed by atoms with van der Waals surface area (Å²) in [5.74, 6) is 1.24. The summed E-state index contributed by atoms with van der Waals surface area (Å²) in [6.07, 6.45) is 5.35. The van der Waals surface area contributed by atoms with E-state index >= 15 is 0 Å². The summed E-state index contributed by atoms with van der Waals surface area (Å²) >= 11 is 0. The van der Waals surface area contributed by atoms with Crippen molar-refractivity contribution >= 4 is 21.7 Å². The third-order valence-electron chi connectivity index (χ3n) is 3.84. The highest BCUT2D eigenvalue weighted by Crippen LogP contribution is 2.15. The summed E-state index contributed by atoms with van der Waals surface area (Å²) < 4.78 is 28.5. The van der Waals surface area contributed by atoms with E-state index in [1.165, 1.54) is 30.3 Å². The molecule has 0 aliphatic rings. The largest absolute Gasteiger partial charge is 0.494 e. The number of rotatable bonds is 8. The first-order valence-electron chi connectivity index (χ1n) is 8.51. The Kier molecular flexibility index (Phi) is 6.75. The van der Waals surface area contributed by atoms with Gasteiger partial charge in [0.15, 0.2) is 15.6 Å². The Morgan fingerprint density at radius 2 is 1.65 bits per heavy atom. The molecule has 5 heteroatoms. The SMILES string of the molecule is CC(C)CCOc1ccc(/C=C/C(=O)c2ccc(S(C)(=O)=O)cc2)cc1. The number of hydrogen-bond acceptors (Lipinski definition) is 4. The fourth-order valence-electron chi connectivity index (χ4n) is 2.22. The van der Waals surface area contributed by atoms with Crippen molar-refractivity contribution in [1.29, 1.82) is 0 Å². The molecule has 0 fully saturated rings. The van der Waals surface area contributed by atoms with Gasteiger partial charge >= 0.3 is 0 Å². The quantitative estimate of drug-likeness (QED) is 0.509. The monoisotopic (exact) mass is 372 g/mol. The van der Waals surface area contributed by atoms with Gasteiger partial charge in [-0.1, -0.05) is 32.1 Å². The summed E-state index contributed by atoms with van der Waals surface area (Å²) in [5, 5.41) is 0. The van der Waals surface area contributed by atoms with Crippen LogP contribution in [0.25, 0.3) is 6.08 Å². The van der Waals surface area contributed by atoms with Crippen molar-refractivity contribution in [3.63, 3.8) is 0 Å². The molecular weight excluding hydrogens is 348 g/mol. The van der Waals surface area contributed by atoms with Gasteiger partial charge in [-0.05, 0) is 60.4 Å². The molecule has 0 aliphatic heterocycles. The molecule has 26 heavy (non-hydrogen) atoms. The van der Waals surface area contributed by atoms with Gasteiger partial charge in [-0.25, -0.2) is 8.42 Å². The fraction of sp³-hybridized carbons (Fsp3) is 0.286. The summed E-state index contributed by atoms with van der Waals surface area (Å²) in [6, 6.07) is 13.5. The van der Waals surface area contributed by atoms with Crippen LogP contribution in [0, 0.1) is 5.92 Å². The summed E-state index contributed by atoms with van der Waals surface area (Å²) in [5.41, 5.74) is 1.34. The van der Waals surface area contributed by atoms with Gasteiger partial charge in [0.05, 0.1) is 11.5 Å². The molecule has 138 valence electrons. The molecule has 0 spiro atoms. The molecule has 2 rings (SSSR count). The minimum absolute atomic E-state index is 0.178. The van der Waals surface area contributed by atoms with E-state index in [2.05, 4.69) is 13.8 Å². The zero-order valence-electron chi connectivity index (χ0n) is 15.3. The second-order valence-corrected chi connectivity index (χ2v) is 8.61. The molecule has 0 amide bonds. The van der Waals surface area contributed by atoms with Crippen LogP contribution in [0.3, 0.4) is 0 Å². The van der Waals surface area contributed by atoms with Crippen molar-refractivity contribution in [3.8, 4) is 5.75 Å². The van der Waals surface area contributed by atoms with E-state index in [-0.39, 0.29) is 10.7 Å². The number of ketones is 1. The maximum absolute atomic E-state index is 12.2. The topological polar surface area (TPSA) is 60.4 Å². The van der Waals surface area contributed by atoms with Gasteiger partial charge in [-0.2, -0.15) is 0 Å². The fourth-order valence-corrected chi connectivity index (χ4v) is 2.85. The molecule has 0 bridgehead atoms. The molecule has 0 aromatic heterocycles. The van der Waals surface area contributed by atoms with Crippen molar-refractivity contribution < 1.29 is 17.9 Å². The molecule has 4 nitrogen and oxygen atoms in total. The molecule has 0 N–H and O–H groups in total. The van der Waals surface area contributed by atoms with Crippen LogP contribution < -0.4 is 4.74 Å². The third kappa shape index (κ3) is 6.15. The Labute approximate surface area is 155 Å². The number of hydrogen-bond donors (Lipinski definition) is 0. The van der Waals surface area contributed by atoms with Crippen molar-refractivity contribution in [3.05, 3.63) is 65.7 Å².